The highest BCUT2D eigenvalue weighted by Crippen LogP contribution is 2.24. The zero-order valence-corrected chi connectivity index (χ0v) is 12.3. The third-order valence-electron chi connectivity index (χ3n) is 3.80. The van der Waals surface area contributed by atoms with Crippen molar-refractivity contribution in [1.29, 1.82) is 0 Å². The number of methoxy groups -OCH3 is 1. The number of likely N-dealkylation sites (tertiary alicyclic amines) is 1. The first-order valence-electron chi connectivity index (χ1n) is 6.88. The molecular weight excluding hydrogens is 272 g/mol. The average Bonchev–Trinajstić information content (AvgIpc) is 2.47. The van der Waals surface area contributed by atoms with Crippen molar-refractivity contribution in [2.24, 2.45) is 0 Å². The molecule has 1 aromatic carbocycles. The number of ether oxygens (including phenoxy) is 1. The van der Waals surface area contributed by atoms with E-state index in [1.54, 1.807) is 24.1 Å². The second kappa shape index (κ2) is 6.13. The monoisotopic (exact) mass is 292 g/mol. The van der Waals surface area contributed by atoms with Gasteiger partial charge in [0.2, 0.25) is 0 Å². The fourth-order valence-corrected chi connectivity index (χ4v) is 2.48. The number of carboxylic acids is 1. The maximum atomic E-state index is 12.3. The van der Waals surface area contributed by atoms with Gasteiger partial charge in [0.1, 0.15) is 0 Å². The van der Waals surface area contributed by atoms with Crippen molar-refractivity contribution < 1.29 is 19.4 Å². The molecule has 1 aliphatic rings. The minimum Gasteiger partial charge on any atom is -0.478 e. The van der Waals surface area contributed by atoms with Gasteiger partial charge < -0.3 is 20.1 Å². The number of hydrogen-bond acceptors (Lipinski definition) is 3. The number of nitrogens with zero attached hydrogens (tertiary/aromatic N) is 1. The van der Waals surface area contributed by atoms with Crippen molar-refractivity contribution in [2.75, 3.05) is 25.5 Å². The summed E-state index contributed by atoms with van der Waals surface area (Å²) >= 11 is 0. The van der Waals surface area contributed by atoms with Crippen molar-refractivity contribution >= 4 is 17.7 Å². The van der Waals surface area contributed by atoms with Crippen LogP contribution in [0.3, 0.4) is 0 Å². The molecule has 6 nitrogen and oxygen atoms in total. The Bertz CT molecular complexity index is 546. The molecular formula is C15H20N2O4. The Balaban J connectivity index is 2.04. The van der Waals surface area contributed by atoms with Crippen LogP contribution >= 0.6 is 0 Å². The normalized spacial score (nSPS) is 21.9. The molecule has 0 saturated carbocycles. The molecule has 0 radical (unpaired) electrons. The molecule has 1 fully saturated rings. The van der Waals surface area contributed by atoms with Gasteiger partial charge in [-0.2, -0.15) is 0 Å². The Kier molecular flexibility index (Phi) is 4.47. The molecule has 1 unspecified atom stereocenters. The highest BCUT2D eigenvalue weighted by atomic mass is 16.5. The van der Waals surface area contributed by atoms with Crippen LogP contribution in [0.4, 0.5) is 10.5 Å². The SMILES string of the molecule is COC1(C)CCCN(C(=O)Nc2cccc(C(=O)O)c2)C1. The van der Waals surface area contributed by atoms with Crippen LogP contribution in [-0.2, 0) is 4.74 Å². The largest absolute Gasteiger partial charge is 0.478 e. The minimum absolute atomic E-state index is 0.146. The molecule has 114 valence electrons. The lowest BCUT2D eigenvalue weighted by molar-refractivity contribution is -0.0389. The maximum absolute atomic E-state index is 12.3. The Hall–Kier alpha value is -2.08. The van der Waals surface area contributed by atoms with Gasteiger partial charge in [0, 0.05) is 19.3 Å². The highest BCUT2D eigenvalue weighted by molar-refractivity contribution is 5.93. The first-order valence-corrected chi connectivity index (χ1v) is 6.88. The van der Waals surface area contributed by atoms with Crippen LogP contribution in [0.5, 0.6) is 0 Å². The fraction of sp³-hybridized carbons (Fsp3) is 0.467. The van der Waals surface area contributed by atoms with Gasteiger partial charge >= 0.3 is 12.0 Å². The molecule has 0 spiro atoms. The summed E-state index contributed by atoms with van der Waals surface area (Å²) in [7, 11) is 1.65. The van der Waals surface area contributed by atoms with Crippen LogP contribution in [0.25, 0.3) is 0 Å². The molecule has 2 amide bonds. The number of nitrogens with one attached hydrogen (secondary N) is 1. The number of carboxylic acid groups (broad SMARTS) is 1. The topological polar surface area (TPSA) is 78.9 Å². The van der Waals surface area contributed by atoms with Crippen molar-refractivity contribution in [3.63, 3.8) is 0 Å². The van der Waals surface area contributed by atoms with Crippen LogP contribution in [-0.4, -0.2) is 47.8 Å². The van der Waals surface area contributed by atoms with Crippen LogP contribution < -0.4 is 5.32 Å². The molecule has 1 heterocycles. The van der Waals surface area contributed by atoms with Crippen molar-refractivity contribution in [3.8, 4) is 0 Å². The summed E-state index contributed by atoms with van der Waals surface area (Å²) in [4.78, 5) is 24.9. The average molecular weight is 292 g/mol. The van der Waals surface area contributed by atoms with E-state index in [4.69, 9.17) is 9.84 Å². The third kappa shape index (κ3) is 3.72. The molecule has 1 aromatic rings. The van der Waals surface area contributed by atoms with E-state index >= 15 is 0 Å². The van der Waals surface area contributed by atoms with Gasteiger partial charge in [-0.05, 0) is 38.0 Å². The third-order valence-corrected chi connectivity index (χ3v) is 3.80. The van der Waals surface area contributed by atoms with Gasteiger partial charge in [-0.3, -0.25) is 0 Å². The molecule has 21 heavy (non-hydrogen) atoms. The number of amides is 2. The number of aromatic carboxylic acids is 1. The highest BCUT2D eigenvalue weighted by Gasteiger charge is 2.33. The number of urea groups is 1. The lowest BCUT2D eigenvalue weighted by Crippen LogP contribution is -2.50. The molecule has 0 aliphatic carbocycles. The number of anilines is 1. The second-order valence-corrected chi connectivity index (χ2v) is 5.50. The predicted molar refractivity (Wildman–Crippen MR) is 78.6 cm³/mol. The summed E-state index contributed by atoms with van der Waals surface area (Å²) in [5, 5.41) is 11.7. The van der Waals surface area contributed by atoms with Gasteiger partial charge in [-0.1, -0.05) is 6.07 Å². The molecule has 2 rings (SSSR count). The summed E-state index contributed by atoms with van der Waals surface area (Å²) in [6, 6.07) is 5.97. The second-order valence-electron chi connectivity index (χ2n) is 5.50. The Morgan fingerprint density at radius 2 is 2.19 bits per heavy atom. The number of piperidine rings is 1. The molecule has 1 saturated heterocycles. The summed E-state index contributed by atoms with van der Waals surface area (Å²) in [5.74, 6) is -1.02. The molecule has 6 heteroatoms. The lowest BCUT2D eigenvalue weighted by atomic mass is 9.95. The van der Waals surface area contributed by atoms with E-state index in [1.807, 2.05) is 6.92 Å². The zero-order chi connectivity index (χ0) is 15.5. The van der Waals surface area contributed by atoms with Crippen molar-refractivity contribution in [1.82, 2.24) is 4.90 Å². The van der Waals surface area contributed by atoms with Crippen LogP contribution in [0.15, 0.2) is 24.3 Å². The Labute approximate surface area is 123 Å². The molecule has 1 atom stereocenters. The smallest absolute Gasteiger partial charge is 0.335 e. The van der Waals surface area contributed by atoms with Crippen LogP contribution in [0, 0.1) is 0 Å². The number of benzene rings is 1. The van der Waals surface area contributed by atoms with Gasteiger partial charge in [0.15, 0.2) is 0 Å². The summed E-state index contributed by atoms with van der Waals surface area (Å²) in [6.45, 7) is 3.18. The molecule has 2 N–H and O–H groups in total. The molecule has 0 bridgehead atoms. The van der Waals surface area contributed by atoms with E-state index in [-0.39, 0.29) is 17.2 Å². The fourth-order valence-electron chi connectivity index (χ4n) is 2.48. The molecule has 0 aromatic heterocycles. The van der Waals surface area contributed by atoms with E-state index in [9.17, 15) is 9.59 Å². The number of carbonyl (C=O) groups excluding carboxylic acids is 1. The van der Waals surface area contributed by atoms with Crippen LogP contribution in [0.2, 0.25) is 0 Å². The van der Waals surface area contributed by atoms with Gasteiger partial charge in [0.25, 0.3) is 0 Å². The lowest BCUT2D eigenvalue weighted by Gasteiger charge is -2.39. The Morgan fingerprint density at radius 1 is 1.43 bits per heavy atom. The van der Waals surface area contributed by atoms with E-state index < -0.39 is 5.97 Å². The summed E-state index contributed by atoms with van der Waals surface area (Å²) in [5.41, 5.74) is 0.302. The maximum Gasteiger partial charge on any atom is 0.335 e. The van der Waals surface area contributed by atoms with E-state index in [2.05, 4.69) is 5.32 Å². The van der Waals surface area contributed by atoms with Gasteiger partial charge in [-0.15, -0.1) is 0 Å². The van der Waals surface area contributed by atoms with E-state index in [1.165, 1.54) is 12.1 Å². The quantitative estimate of drug-likeness (QED) is 0.896. The standard InChI is InChI=1S/C15H20N2O4/c1-15(21-2)7-4-8-17(10-15)14(20)16-12-6-3-5-11(9-12)13(18)19/h3,5-6,9H,4,7-8,10H2,1-2H3,(H,16,20)(H,18,19). The van der Waals surface area contributed by atoms with Crippen LogP contribution in [0.1, 0.15) is 30.1 Å². The first-order chi connectivity index (χ1) is 9.93. The van der Waals surface area contributed by atoms with E-state index in [0.717, 1.165) is 12.8 Å². The number of rotatable bonds is 3. The van der Waals surface area contributed by atoms with Gasteiger partial charge in [0.05, 0.1) is 17.7 Å². The summed E-state index contributed by atoms with van der Waals surface area (Å²) < 4.78 is 5.46. The number of carbonyl (C=O) groups is 2. The minimum atomic E-state index is -1.02. The summed E-state index contributed by atoms with van der Waals surface area (Å²) in [6.07, 6.45) is 1.80. The van der Waals surface area contributed by atoms with E-state index in [0.29, 0.717) is 18.8 Å². The zero-order valence-electron chi connectivity index (χ0n) is 12.3. The van der Waals surface area contributed by atoms with Crippen molar-refractivity contribution in [3.05, 3.63) is 29.8 Å². The van der Waals surface area contributed by atoms with Gasteiger partial charge in [-0.25, -0.2) is 9.59 Å². The predicted octanol–water partition coefficient (Wildman–Crippen LogP) is 2.42. The molecule has 1 aliphatic heterocycles. The first kappa shape index (κ1) is 15.3. The number of hydrogen-bond donors (Lipinski definition) is 2. The Morgan fingerprint density at radius 3 is 2.86 bits per heavy atom. The van der Waals surface area contributed by atoms with Crippen molar-refractivity contribution in [2.45, 2.75) is 25.4 Å².